The highest BCUT2D eigenvalue weighted by atomic mass is 16.8. The second-order valence-corrected chi connectivity index (χ2v) is 11.1. The predicted molar refractivity (Wildman–Crippen MR) is 140 cm³/mol. The molecular formula is C24H41N3O19. The minimum absolute atomic E-state index is 0.128. The topological polar surface area (TPSA) is 345 Å². The van der Waals surface area contributed by atoms with Gasteiger partial charge in [0.15, 0.2) is 25.2 Å². The number of nitrogens with zero attached hydrogens (tertiary/aromatic N) is 3. The molecule has 11 N–H and O–H groups in total. The van der Waals surface area contributed by atoms with Gasteiger partial charge in [0.25, 0.3) is 0 Å². The van der Waals surface area contributed by atoms with Crippen LogP contribution in [-0.4, -0.2) is 206 Å². The molecule has 0 aliphatic carbocycles. The van der Waals surface area contributed by atoms with E-state index in [4.69, 9.17) is 43.4 Å². The SMILES string of the molecule is [N-]=[N+]=NCCO[C@@H]1OC(CO)[C@@H](O)[C@H](O[C@H]2OC[C@@H](O)[C@H](O[C@@H]3OC(CO)[C@@H](O)[C@H](O[C@H]4OC[C@@H](O)[C@H](O)C4O)C3O)C2O)C1O. The second-order valence-electron chi connectivity index (χ2n) is 11.1. The Bertz CT molecular complexity index is 998. The highest BCUT2D eigenvalue weighted by Gasteiger charge is 2.53. The van der Waals surface area contributed by atoms with Crippen molar-refractivity contribution >= 4 is 0 Å². The molecule has 4 fully saturated rings. The highest BCUT2D eigenvalue weighted by Crippen LogP contribution is 2.32. The first-order chi connectivity index (χ1) is 21.9. The van der Waals surface area contributed by atoms with Crippen LogP contribution in [0.3, 0.4) is 0 Å². The van der Waals surface area contributed by atoms with E-state index >= 15 is 0 Å². The van der Waals surface area contributed by atoms with Crippen LogP contribution in [0.15, 0.2) is 5.11 Å². The molecule has 4 aliphatic heterocycles. The van der Waals surface area contributed by atoms with Crippen molar-refractivity contribution < 1.29 is 94.1 Å². The zero-order valence-electron chi connectivity index (χ0n) is 24.2. The summed E-state index contributed by atoms with van der Waals surface area (Å²) in [5.74, 6) is 0. The van der Waals surface area contributed by atoms with Gasteiger partial charge in [0.1, 0.15) is 85.5 Å². The molecule has 18 atom stereocenters. The van der Waals surface area contributed by atoms with Gasteiger partial charge >= 0.3 is 0 Å². The summed E-state index contributed by atoms with van der Waals surface area (Å²) >= 11 is 0. The van der Waals surface area contributed by atoms with E-state index in [-0.39, 0.29) is 13.2 Å². The number of hydrogen-bond donors (Lipinski definition) is 11. The van der Waals surface area contributed by atoms with Crippen LogP contribution < -0.4 is 0 Å². The molecule has 4 rings (SSSR count). The van der Waals surface area contributed by atoms with Crippen molar-refractivity contribution in [2.24, 2.45) is 5.11 Å². The molecule has 0 amide bonds. The normalized spacial score (nSPS) is 48.5. The van der Waals surface area contributed by atoms with Crippen LogP contribution in [0.5, 0.6) is 0 Å². The Morgan fingerprint density at radius 3 is 1.63 bits per heavy atom. The van der Waals surface area contributed by atoms with E-state index in [0.29, 0.717) is 0 Å². The fourth-order valence-corrected chi connectivity index (χ4v) is 5.36. The van der Waals surface area contributed by atoms with E-state index in [1.807, 2.05) is 0 Å². The maximum Gasteiger partial charge on any atom is 0.187 e. The van der Waals surface area contributed by atoms with E-state index in [9.17, 15) is 56.2 Å². The lowest BCUT2D eigenvalue weighted by molar-refractivity contribution is -0.379. The van der Waals surface area contributed by atoms with E-state index in [1.165, 1.54) is 0 Å². The first-order valence-corrected chi connectivity index (χ1v) is 14.4. The van der Waals surface area contributed by atoms with Crippen LogP contribution in [0.1, 0.15) is 0 Å². The van der Waals surface area contributed by atoms with Crippen molar-refractivity contribution in [2.45, 2.75) is 111 Å². The number of rotatable bonds is 12. The number of ether oxygens (including phenoxy) is 8. The Morgan fingerprint density at radius 2 is 1.07 bits per heavy atom. The molecule has 4 heterocycles. The third-order valence-corrected chi connectivity index (χ3v) is 7.93. The molecule has 0 radical (unpaired) electrons. The van der Waals surface area contributed by atoms with E-state index in [2.05, 4.69) is 10.0 Å². The van der Waals surface area contributed by atoms with Crippen LogP contribution in [0.2, 0.25) is 0 Å². The van der Waals surface area contributed by atoms with Gasteiger partial charge < -0.3 is 94.1 Å². The lowest BCUT2D eigenvalue weighted by Gasteiger charge is -2.47. The molecule has 266 valence electrons. The summed E-state index contributed by atoms with van der Waals surface area (Å²) in [5, 5.41) is 117. The average Bonchev–Trinajstić information content (AvgIpc) is 3.04. The molecule has 0 aromatic carbocycles. The number of aliphatic hydroxyl groups excluding tert-OH is 11. The quantitative estimate of drug-likeness (QED) is 0.0396. The summed E-state index contributed by atoms with van der Waals surface area (Å²) in [6.07, 6.45) is -29.9. The van der Waals surface area contributed by atoms with Crippen LogP contribution in [0.25, 0.3) is 10.4 Å². The minimum Gasteiger partial charge on any atom is -0.394 e. The maximum absolute atomic E-state index is 11.1. The van der Waals surface area contributed by atoms with Gasteiger partial charge in [-0.15, -0.1) is 0 Å². The largest absolute Gasteiger partial charge is 0.394 e. The van der Waals surface area contributed by atoms with Gasteiger partial charge in [-0.25, -0.2) is 0 Å². The number of aliphatic hydroxyl groups is 11. The molecule has 4 saturated heterocycles. The van der Waals surface area contributed by atoms with Crippen LogP contribution in [0.4, 0.5) is 0 Å². The van der Waals surface area contributed by atoms with Crippen LogP contribution in [0, 0.1) is 0 Å². The lowest BCUT2D eigenvalue weighted by atomic mass is 9.97. The van der Waals surface area contributed by atoms with E-state index in [0.717, 1.165) is 0 Å². The molecule has 4 aliphatic rings. The third-order valence-electron chi connectivity index (χ3n) is 7.93. The predicted octanol–water partition coefficient (Wildman–Crippen LogP) is -7.14. The summed E-state index contributed by atoms with van der Waals surface area (Å²) in [6, 6.07) is 0. The zero-order valence-corrected chi connectivity index (χ0v) is 24.2. The third kappa shape index (κ3) is 8.22. The van der Waals surface area contributed by atoms with Crippen molar-refractivity contribution in [3.05, 3.63) is 10.4 Å². The molecule has 46 heavy (non-hydrogen) atoms. The number of azide groups is 1. The van der Waals surface area contributed by atoms with E-state index < -0.39 is 137 Å². The first kappa shape index (κ1) is 37.4. The van der Waals surface area contributed by atoms with Crippen molar-refractivity contribution in [1.82, 2.24) is 0 Å². The van der Waals surface area contributed by atoms with Crippen molar-refractivity contribution in [3.63, 3.8) is 0 Å². The zero-order chi connectivity index (χ0) is 33.7. The molecule has 6 unspecified atom stereocenters. The van der Waals surface area contributed by atoms with Gasteiger partial charge in [-0.05, 0) is 5.53 Å². The van der Waals surface area contributed by atoms with Gasteiger partial charge in [-0.3, -0.25) is 0 Å². The monoisotopic (exact) mass is 675 g/mol. The molecule has 0 bridgehead atoms. The Kier molecular flexibility index (Phi) is 13.6. The molecule has 22 nitrogen and oxygen atoms in total. The van der Waals surface area contributed by atoms with Crippen molar-refractivity contribution in [1.29, 1.82) is 0 Å². The fraction of sp³-hybridized carbons (Fsp3) is 1.00. The minimum atomic E-state index is -1.92. The van der Waals surface area contributed by atoms with Gasteiger partial charge in [0.05, 0.1) is 33.0 Å². The van der Waals surface area contributed by atoms with E-state index in [1.54, 1.807) is 0 Å². The Morgan fingerprint density at radius 1 is 0.587 bits per heavy atom. The first-order valence-electron chi connectivity index (χ1n) is 14.4. The summed E-state index contributed by atoms with van der Waals surface area (Å²) in [5.41, 5.74) is 8.41. The van der Waals surface area contributed by atoms with Gasteiger partial charge in [-0.1, -0.05) is 5.11 Å². The summed E-state index contributed by atoms with van der Waals surface area (Å²) in [7, 11) is 0. The molecule has 0 aromatic rings. The summed E-state index contributed by atoms with van der Waals surface area (Å²) in [6.45, 7) is -2.90. The Labute approximate surface area is 260 Å². The highest BCUT2D eigenvalue weighted by molar-refractivity contribution is 4.96. The standard InChI is InChI=1S/C24H41N3O19/c25-27-26-1-2-39-22-16(37)19(12(33)9(3-28)42-22)46-23-15(36)18(8(31)6-41-23)44-24-17(38)20(13(34)10(4-29)43-24)45-21-14(35)11(32)7(30)5-40-21/h7-24,28-38H,1-6H2/t7-,8-,9?,10?,11+,12-,13-,14?,15?,16?,17?,18+,19+,20+,21-,22-,23-,24+/m1/s1. The lowest BCUT2D eigenvalue weighted by Crippen LogP contribution is -2.66. The van der Waals surface area contributed by atoms with Crippen LogP contribution >= 0.6 is 0 Å². The molecule has 22 heteroatoms. The molecular weight excluding hydrogens is 634 g/mol. The maximum atomic E-state index is 11.1. The number of hydrogen-bond acceptors (Lipinski definition) is 20. The Hall–Kier alpha value is -1.45. The van der Waals surface area contributed by atoms with Gasteiger partial charge in [0, 0.05) is 11.5 Å². The Balaban J connectivity index is 1.45. The van der Waals surface area contributed by atoms with Crippen molar-refractivity contribution in [3.8, 4) is 0 Å². The molecule has 0 saturated carbocycles. The van der Waals surface area contributed by atoms with Crippen molar-refractivity contribution in [2.75, 3.05) is 39.6 Å². The fourth-order valence-electron chi connectivity index (χ4n) is 5.36. The molecule has 0 spiro atoms. The smallest absolute Gasteiger partial charge is 0.187 e. The average molecular weight is 676 g/mol. The van der Waals surface area contributed by atoms with Gasteiger partial charge in [0.2, 0.25) is 0 Å². The second kappa shape index (κ2) is 16.8. The summed E-state index contributed by atoms with van der Waals surface area (Å²) < 4.78 is 43.5. The molecule has 0 aromatic heterocycles. The van der Waals surface area contributed by atoms with Crippen LogP contribution in [-0.2, 0) is 37.9 Å². The van der Waals surface area contributed by atoms with Gasteiger partial charge in [-0.2, -0.15) is 0 Å². The summed E-state index contributed by atoms with van der Waals surface area (Å²) in [4.78, 5) is 2.56.